The predicted octanol–water partition coefficient (Wildman–Crippen LogP) is 3.32. The van der Waals surface area contributed by atoms with Crippen molar-refractivity contribution in [3.8, 4) is 0 Å². The molecule has 1 heteroatoms. The molecule has 0 heterocycles. The first-order chi connectivity index (χ1) is 6.24. The largest absolute Gasteiger partial charge is 0.304 e. The summed E-state index contributed by atoms with van der Waals surface area (Å²) in [7, 11) is 0. The first kappa shape index (κ1) is 12.7. The van der Waals surface area contributed by atoms with E-state index in [1.807, 2.05) is 6.08 Å². The molecular weight excluding hydrogens is 158 g/mol. The van der Waals surface area contributed by atoms with Gasteiger partial charge in [0.1, 0.15) is 0 Å². The van der Waals surface area contributed by atoms with Crippen LogP contribution in [0, 0.1) is 5.92 Å². The van der Waals surface area contributed by atoms with E-state index in [0.717, 1.165) is 12.3 Å². The number of rotatable bonds is 8. The Hall–Kier alpha value is -0.300. The van der Waals surface area contributed by atoms with Crippen molar-refractivity contribution >= 4 is 0 Å². The Morgan fingerprint density at radius 3 is 2.46 bits per heavy atom. The maximum absolute atomic E-state index is 3.77. The molecule has 0 N–H and O–H groups in total. The molecule has 1 atom stereocenters. The van der Waals surface area contributed by atoms with Crippen LogP contribution in [-0.4, -0.2) is 24.5 Å². The van der Waals surface area contributed by atoms with Crippen LogP contribution >= 0.6 is 0 Å². The average Bonchev–Trinajstić information content (AvgIpc) is 2.12. The minimum atomic E-state index is 0.795. The maximum Gasteiger partial charge on any atom is -0.00162 e. The van der Waals surface area contributed by atoms with E-state index < -0.39 is 0 Å². The third kappa shape index (κ3) is 6.83. The van der Waals surface area contributed by atoms with Crippen molar-refractivity contribution in [3.63, 3.8) is 0 Å². The molecule has 0 unspecified atom stereocenters. The summed E-state index contributed by atoms with van der Waals surface area (Å²) in [5.41, 5.74) is 0. The van der Waals surface area contributed by atoms with Gasteiger partial charge in [0, 0.05) is 0 Å². The second-order valence-corrected chi connectivity index (χ2v) is 3.85. The normalized spacial score (nSPS) is 13.2. The van der Waals surface area contributed by atoms with Crippen LogP contribution in [0.25, 0.3) is 0 Å². The summed E-state index contributed by atoms with van der Waals surface area (Å²) < 4.78 is 0. The van der Waals surface area contributed by atoms with E-state index in [4.69, 9.17) is 0 Å². The Labute approximate surface area is 83.8 Å². The zero-order valence-electron chi connectivity index (χ0n) is 9.55. The smallest absolute Gasteiger partial charge is 0.00162 e. The van der Waals surface area contributed by atoms with Crippen molar-refractivity contribution in [2.45, 2.75) is 40.0 Å². The number of hydrogen-bond donors (Lipinski definition) is 0. The summed E-state index contributed by atoms with van der Waals surface area (Å²) in [5.74, 6) is 0.795. The van der Waals surface area contributed by atoms with Crippen LogP contribution in [0.15, 0.2) is 12.7 Å². The zero-order chi connectivity index (χ0) is 10.1. The highest BCUT2D eigenvalue weighted by Crippen LogP contribution is 2.08. The zero-order valence-corrected chi connectivity index (χ0v) is 9.55. The molecule has 0 bridgehead atoms. The van der Waals surface area contributed by atoms with Gasteiger partial charge in [0.2, 0.25) is 0 Å². The average molecular weight is 183 g/mol. The van der Waals surface area contributed by atoms with Gasteiger partial charge < -0.3 is 4.90 Å². The van der Waals surface area contributed by atoms with Crippen LogP contribution in [-0.2, 0) is 0 Å². The van der Waals surface area contributed by atoms with Gasteiger partial charge in [-0.2, -0.15) is 0 Å². The van der Waals surface area contributed by atoms with Crippen LogP contribution in [0.1, 0.15) is 40.0 Å². The van der Waals surface area contributed by atoms with E-state index in [0.29, 0.717) is 0 Å². The lowest BCUT2D eigenvalue weighted by atomic mass is 10.0. The van der Waals surface area contributed by atoms with Gasteiger partial charge in [0.25, 0.3) is 0 Å². The third-order valence-corrected chi connectivity index (χ3v) is 2.49. The molecule has 0 saturated heterocycles. The molecule has 0 aliphatic rings. The molecule has 0 fully saturated rings. The fraction of sp³-hybridized carbons (Fsp3) is 0.833. The second kappa shape index (κ2) is 8.31. The molecule has 0 radical (unpaired) electrons. The standard InChI is InChI=1S/C12H25N/c1-5-8-12(4)9-11-13(7-3)10-6-2/h5,12H,1,6-11H2,2-4H3/t12-/m1/s1. The van der Waals surface area contributed by atoms with Gasteiger partial charge in [-0.15, -0.1) is 6.58 Å². The molecule has 0 aliphatic carbocycles. The fourth-order valence-corrected chi connectivity index (χ4v) is 1.55. The van der Waals surface area contributed by atoms with E-state index in [1.54, 1.807) is 0 Å². The van der Waals surface area contributed by atoms with E-state index >= 15 is 0 Å². The van der Waals surface area contributed by atoms with Crippen molar-refractivity contribution < 1.29 is 0 Å². The number of nitrogens with zero attached hydrogens (tertiary/aromatic N) is 1. The van der Waals surface area contributed by atoms with Gasteiger partial charge in [-0.25, -0.2) is 0 Å². The molecule has 0 aromatic rings. The molecule has 1 nitrogen and oxygen atoms in total. The Bertz CT molecular complexity index is 120. The highest BCUT2D eigenvalue weighted by atomic mass is 15.1. The van der Waals surface area contributed by atoms with Crippen LogP contribution in [0.5, 0.6) is 0 Å². The Kier molecular flexibility index (Phi) is 8.11. The monoisotopic (exact) mass is 183 g/mol. The maximum atomic E-state index is 3.77. The summed E-state index contributed by atoms with van der Waals surface area (Å²) in [6.45, 7) is 14.3. The molecule has 0 aliphatic heterocycles. The van der Waals surface area contributed by atoms with E-state index in [1.165, 1.54) is 32.5 Å². The van der Waals surface area contributed by atoms with Crippen molar-refractivity contribution in [1.29, 1.82) is 0 Å². The Balaban J connectivity index is 3.51. The fourth-order valence-electron chi connectivity index (χ4n) is 1.55. The van der Waals surface area contributed by atoms with Crippen LogP contribution in [0.3, 0.4) is 0 Å². The van der Waals surface area contributed by atoms with Crippen molar-refractivity contribution in [2.24, 2.45) is 5.92 Å². The molecular formula is C12H25N. The van der Waals surface area contributed by atoms with Crippen molar-refractivity contribution in [1.82, 2.24) is 4.90 Å². The lowest BCUT2D eigenvalue weighted by molar-refractivity contribution is 0.267. The van der Waals surface area contributed by atoms with E-state index in [2.05, 4.69) is 32.3 Å². The second-order valence-electron chi connectivity index (χ2n) is 3.85. The van der Waals surface area contributed by atoms with Gasteiger partial charge >= 0.3 is 0 Å². The molecule has 0 aromatic carbocycles. The number of allylic oxidation sites excluding steroid dienone is 1. The first-order valence-corrected chi connectivity index (χ1v) is 5.57. The van der Waals surface area contributed by atoms with Gasteiger partial charge in [0.15, 0.2) is 0 Å². The minimum absolute atomic E-state index is 0.795. The molecule has 0 amide bonds. The van der Waals surface area contributed by atoms with Crippen LogP contribution in [0.2, 0.25) is 0 Å². The summed E-state index contributed by atoms with van der Waals surface area (Å²) in [5, 5.41) is 0. The topological polar surface area (TPSA) is 3.24 Å². The van der Waals surface area contributed by atoms with Gasteiger partial charge in [-0.1, -0.05) is 26.8 Å². The minimum Gasteiger partial charge on any atom is -0.304 e. The van der Waals surface area contributed by atoms with Gasteiger partial charge in [-0.3, -0.25) is 0 Å². The third-order valence-electron chi connectivity index (χ3n) is 2.49. The molecule has 0 spiro atoms. The van der Waals surface area contributed by atoms with E-state index in [9.17, 15) is 0 Å². The summed E-state index contributed by atoms with van der Waals surface area (Å²) in [6, 6.07) is 0. The lowest BCUT2D eigenvalue weighted by Crippen LogP contribution is -2.26. The van der Waals surface area contributed by atoms with E-state index in [-0.39, 0.29) is 0 Å². The van der Waals surface area contributed by atoms with Gasteiger partial charge in [0.05, 0.1) is 0 Å². The lowest BCUT2D eigenvalue weighted by Gasteiger charge is -2.21. The highest BCUT2D eigenvalue weighted by molar-refractivity contribution is 4.71. The SMILES string of the molecule is C=CC[C@@H](C)CCN(CC)CCC. The Morgan fingerprint density at radius 2 is 2.00 bits per heavy atom. The van der Waals surface area contributed by atoms with Gasteiger partial charge in [-0.05, 0) is 44.8 Å². The quantitative estimate of drug-likeness (QED) is 0.522. The molecule has 0 saturated carbocycles. The summed E-state index contributed by atoms with van der Waals surface area (Å²) >= 11 is 0. The Morgan fingerprint density at radius 1 is 1.31 bits per heavy atom. The highest BCUT2D eigenvalue weighted by Gasteiger charge is 2.04. The van der Waals surface area contributed by atoms with Crippen LogP contribution in [0.4, 0.5) is 0 Å². The summed E-state index contributed by atoms with van der Waals surface area (Å²) in [6.07, 6.45) is 5.76. The molecule has 0 aromatic heterocycles. The predicted molar refractivity (Wildman–Crippen MR) is 61.0 cm³/mol. The molecule has 0 rings (SSSR count). The van der Waals surface area contributed by atoms with Crippen LogP contribution < -0.4 is 0 Å². The summed E-state index contributed by atoms with van der Waals surface area (Å²) in [4.78, 5) is 2.53. The molecule has 78 valence electrons. The van der Waals surface area contributed by atoms with Crippen molar-refractivity contribution in [2.75, 3.05) is 19.6 Å². The first-order valence-electron chi connectivity index (χ1n) is 5.57. The number of hydrogen-bond acceptors (Lipinski definition) is 1. The molecule has 13 heavy (non-hydrogen) atoms. The van der Waals surface area contributed by atoms with Crippen molar-refractivity contribution in [3.05, 3.63) is 12.7 Å².